The molecule has 4 saturated carbocycles. The van der Waals surface area contributed by atoms with Crippen molar-refractivity contribution in [2.24, 2.45) is 39.3 Å². The Kier molecular flexibility index (Phi) is 6.56. The fourth-order valence-electron chi connectivity index (χ4n) is 8.79. The molecule has 1 heterocycles. The number of thiocarbonyl (C=S) groups is 1. The van der Waals surface area contributed by atoms with Crippen molar-refractivity contribution in [2.75, 3.05) is 19.6 Å². The predicted octanol–water partition coefficient (Wildman–Crippen LogP) is 6.45. The number of rotatable bonds is 6. The van der Waals surface area contributed by atoms with E-state index in [4.69, 9.17) is 22.9 Å². The Morgan fingerprint density at radius 2 is 1.65 bits per heavy atom. The van der Waals surface area contributed by atoms with Crippen LogP contribution in [0.1, 0.15) is 63.5 Å². The maximum atomic E-state index is 6.51. The van der Waals surface area contributed by atoms with Crippen molar-refractivity contribution >= 4 is 23.4 Å². The minimum atomic E-state index is 0.109. The van der Waals surface area contributed by atoms with Crippen molar-refractivity contribution < 1.29 is 0 Å². The molecule has 2 N–H and O–H groups in total. The number of piperidine rings is 1. The third-order valence-electron chi connectivity index (χ3n) is 10.6. The summed E-state index contributed by atoms with van der Waals surface area (Å²) in [4.78, 5) is 8.84. The normalized spacial score (nSPS) is 36.2. The smallest absolute Gasteiger partial charge is 0.0842 e. The van der Waals surface area contributed by atoms with Gasteiger partial charge in [0.25, 0.3) is 0 Å². The summed E-state index contributed by atoms with van der Waals surface area (Å²) in [5.74, 6) is 2.09. The van der Waals surface area contributed by atoms with Crippen LogP contribution >= 0.6 is 12.2 Å². The topological polar surface area (TPSA) is 41.6 Å². The molecule has 0 aromatic heterocycles. The van der Waals surface area contributed by atoms with Crippen LogP contribution in [0.4, 0.5) is 0 Å². The van der Waals surface area contributed by atoms with Gasteiger partial charge in [0.15, 0.2) is 0 Å². The number of aliphatic imine (C=N–C) groups is 1. The Morgan fingerprint density at radius 3 is 2.30 bits per heavy atom. The largest absolute Gasteiger partial charge is 0.365 e. The fourth-order valence-corrected chi connectivity index (χ4v) is 9.18. The fraction of sp³-hybridized carbons (Fsp3) is 0.576. The van der Waals surface area contributed by atoms with Gasteiger partial charge in [-0.1, -0.05) is 86.7 Å². The van der Waals surface area contributed by atoms with Gasteiger partial charge in [-0.25, -0.2) is 0 Å². The molecule has 4 aliphatic carbocycles. The Labute approximate surface area is 228 Å². The number of nitrogens with two attached hydrogens (primary N) is 1. The Morgan fingerprint density at radius 1 is 1.00 bits per heavy atom. The minimum Gasteiger partial charge on any atom is -0.365 e. The predicted molar refractivity (Wildman–Crippen MR) is 158 cm³/mol. The molecule has 5 fully saturated rings. The second kappa shape index (κ2) is 9.61. The van der Waals surface area contributed by atoms with E-state index in [1.807, 2.05) is 0 Å². The van der Waals surface area contributed by atoms with Gasteiger partial charge in [0, 0.05) is 43.7 Å². The molecule has 2 aromatic carbocycles. The first kappa shape index (κ1) is 25.2. The van der Waals surface area contributed by atoms with Crippen LogP contribution in [-0.4, -0.2) is 41.8 Å². The highest BCUT2D eigenvalue weighted by molar-refractivity contribution is 7.80. The minimum absolute atomic E-state index is 0.109. The quantitative estimate of drug-likeness (QED) is 0.356. The summed E-state index contributed by atoms with van der Waals surface area (Å²) in [7, 11) is 0. The van der Waals surface area contributed by atoms with Crippen molar-refractivity contribution in [3.05, 3.63) is 71.8 Å². The SMILES string of the molecule is CC1(C)CN(C(=S)C23CC4CC(c5ccccc5)(CC(C2)C4CN=CCc2ccccc2)C3)CC[C@@H]1N. The van der Waals surface area contributed by atoms with Crippen LogP contribution in [0.3, 0.4) is 0 Å². The number of hydrogen-bond donors (Lipinski definition) is 1. The molecule has 2 unspecified atom stereocenters. The molecule has 1 saturated heterocycles. The lowest BCUT2D eigenvalue weighted by Crippen LogP contribution is -2.64. The van der Waals surface area contributed by atoms with Crippen LogP contribution in [0.2, 0.25) is 0 Å². The van der Waals surface area contributed by atoms with Gasteiger partial charge in [0.1, 0.15) is 0 Å². The summed E-state index contributed by atoms with van der Waals surface area (Å²) >= 11 is 6.46. The third kappa shape index (κ3) is 4.59. The van der Waals surface area contributed by atoms with E-state index in [2.05, 4.69) is 85.6 Å². The highest BCUT2D eigenvalue weighted by atomic mass is 32.1. The monoisotopic (exact) mass is 513 g/mol. The van der Waals surface area contributed by atoms with Crippen LogP contribution in [0.25, 0.3) is 0 Å². The van der Waals surface area contributed by atoms with E-state index < -0.39 is 0 Å². The highest BCUT2D eigenvalue weighted by Crippen LogP contribution is 2.68. The Hall–Kier alpha value is -2.04. The summed E-state index contributed by atoms with van der Waals surface area (Å²) in [5.41, 5.74) is 9.92. The van der Waals surface area contributed by atoms with E-state index >= 15 is 0 Å². The van der Waals surface area contributed by atoms with Crippen LogP contribution in [0.5, 0.6) is 0 Å². The van der Waals surface area contributed by atoms with Gasteiger partial charge in [-0.05, 0) is 78.2 Å². The zero-order chi connectivity index (χ0) is 25.7. The zero-order valence-corrected chi connectivity index (χ0v) is 23.4. The molecule has 0 amide bonds. The molecule has 0 spiro atoms. The Balaban J connectivity index is 1.25. The lowest BCUT2D eigenvalue weighted by atomic mass is 9.40. The summed E-state index contributed by atoms with van der Waals surface area (Å²) in [5, 5.41) is 0. The van der Waals surface area contributed by atoms with Gasteiger partial charge in [0.2, 0.25) is 0 Å². The molecule has 4 heteroatoms. The van der Waals surface area contributed by atoms with Gasteiger partial charge < -0.3 is 10.6 Å². The summed E-state index contributed by atoms with van der Waals surface area (Å²) in [6.45, 7) is 7.63. The summed E-state index contributed by atoms with van der Waals surface area (Å²) in [6, 6.07) is 22.4. The van der Waals surface area contributed by atoms with E-state index in [-0.39, 0.29) is 22.3 Å². The van der Waals surface area contributed by atoms with E-state index in [1.165, 1.54) is 42.7 Å². The van der Waals surface area contributed by atoms with Crippen LogP contribution in [0, 0.1) is 28.6 Å². The van der Waals surface area contributed by atoms with Crippen molar-refractivity contribution in [3.63, 3.8) is 0 Å². The molecule has 1 aliphatic heterocycles. The van der Waals surface area contributed by atoms with Crippen LogP contribution < -0.4 is 5.73 Å². The van der Waals surface area contributed by atoms with Crippen molar-refractivity contribution in [1.29, 1.82) is 0 Å². The lowest BCUT2D eigenvalue weighted by molar-refractivity contribution is -0.0813. The molecule has 3 nitrogen and oxygen atoms in total. The highest BCUT2D eigenvalue weighted by Gasteiger charge is 2.63. The molecule has 196 valence electrons. The molecular weight excluding hydrogens is 470 g/mol. The molecular formula is C33H43N3S. The average Bonchev–Trinajstić information content (AvgIpc) is 2.90. The van der Waals surface area contributed by atoms with Crippen LogP contribution in [-0.2, 0) is 11.8 Å². The lowest BCUT2D eigenvalue weighted by Gasteiger charge is -2.66. The van der Waals surface area contributed by atoms with Crippen LogP contribution in [0.15, 0.2) is 65.7 Å². The maximum Gasteiger partial charge on any atom is 0.0842 e. The molecule has 2 aromatic rings. The molecule has 0 radical (unpaired) electrons. The molecule has 5 aliphatic rings. The van der Waals surface area contributed by atoms with Gasteiger partial charge in [-0.15, -0.1) is 0 Å². The van der Waals surface area contributed by atoms with E-state index in [0.717, 1.165) is 32.5 Å². The summed E-state index contributed by atoms with van der Waals surface area (Å²) in [6.07, 6.45) is 10.4. The number of likely N-dealkylation sites (tertiary alicyclic amines) is 1. The van der Waals surface area contributed by atoms with E-state index in [1.54, 1.807) is 5.56 Å². The standard InChI is InChI=1S/C33H43N3S/c1-31(2)23-36(16-14-29(31)34)30(37)33-19-25-17-32(22-33,27-11-7-4-8-12-27)18-26(20-33)28(25)21-35-15-13-24-9-5-3-6-10-24/h3-12,15,25-26,28-29H,13-14,16-23,34H2,1-2H3/t25?,26?,28?,29-,32?,33?/m0/s1. The van der Waals surface area contributed by atoms with Crippen molar-refractivity contribution in [2.45, 2.75) is 70.3 Å². The first-order valence-corrected chi connectivity index (χ1v) is 14.8. The molecule has 4 bridgehead atoms. The maximum absolute atomic E-state index is 6.51. The number of benzene rings is 2. The first-order chi connectivity index (χ1) is 17.8. The van der Waals surface area contributed by atoms with E-state index in [9.17, 15) is 0 Å². The van der Waals surface area contributed by atoms with Gasteiger partial charge in [0.05, 0.1) is 4.99 Å². The molecule has 3 atom stereocenters. The molecule has 37 heavy (non-hydrogen) atoms. The summed E-state index contributed by atoms with van der Waals surface area (Å²) < 4.78 is 0. The second-order valence-corrected chi connectivity index (χ2v) is 13.8. The number of hydrogen-bond acceptors (Lipinski definition) is 3. The second-order valence-electron chi connectivity index (χ2n) is 13.5. The zero-order valence-electron chi connectivity index (χ0n) is 22.6. The molecule has 7 rings (SSSR count). The van der Waals surface area contributed by atoms with Gasteiger partial charge >= 0.3 is 0 Å². The third-order valence-corrected chi connectivity index (χ3v) is 11.2. The Bertz CT molecular complexity index is 1120. The van der Waals surface area contributed by atoms with Crippen molar-refractivity contribution in [1.82, 2.24) is 4.90 Å². The first-order valence-electron chi connectivity index (χ1n) is 14.4. The van der Waals surface area contributed by atoms with Gasteiger partial charge in [-0.2, -0.15) is 0 Å². The average molecular weight is 514 g/mol. The van der Waals surface area contributed by atoms with Crippen molar-refractivity contribution in [3.8, 4) is 0 Å². The number of nitrogens with zero attached hydrogens (tertiary/aromatic N) is 2. The van der Waals surface area contributed by atoms with Gasteiger partial charge in [-0.3, -0.25) is 4.99 Å². The van der Waals surface area contributed by atoms with E-state index in [0.29, 0.717) is 17.8 Å².